The van der Waals surface area contributed by atoms with Crippen LogP contribution in [0.15, 0.2) is 24.3 Å². The number of aryl methyl sites for hydroxylation is 1. The largest absolute Gasteiger partial charge is 0.508 e. The Labute approximate surface area is 145 Å². The van der Waals surface area contributed by atoms with Crippen molar-refractivity contribution in [2.45, 2.75) is 19.4 Å². The van der Waals surface area contributed by atoms with Gasteiger partial charge in [0.15, 0.2) is 5.65 Å². The van der Waals surface area contributed by atoms with Gasteiger partial charge in [0.05, 0.1) is 22.5 Å². The normalized spacial score (nSPS) is 22.7. The molecule has 3 aromatic rings. The minimum atomic E-state index is 0.258. The van der Waals surface area contributed by atoms with E-state index in [1.807, 2.05) is 19.1 Å². The lowest BCUT2D eigenvalue weighted by molar-refractivity contribution is 0.475. The van der Waals surface area contributed by atoms with Crippen LogP contribution in [0.4, 0.5) is 5.69 Å². The number of pyridine rings is 1. The Morgan fingerprint density at radius 2 is 2.08 bits per heavy atom. The molecule has 0 saturated carbocycles. The fraction of sp³-hybridized carbons (Fsp3) is 0.368. The molecule has 2 saturated heterocycles. The van der Waals surface area contributed by atoms with E-state index in [2.05, 4.69) is 26.5 Å². The first-order valence-corrected chi connectivity index (χ1v) is 8.75. The van der Waals surface area contributed by atoms with Crippen LogP contribution in [0.2, 0.25) is 0 Å². The van der Waals surface area contributed by atoms with E-state index in [0.717, 1.165) is 53.3 Å². The summed E-state index contributed by atoms with van der Waals surface area (Å²) in [6.45, 7) is 5.11. The van der Waals surface area contributed by atoms with Crippen molar-refractivity contribution >= 4 is 16.7 Å². The monoisotopic (exact) mass is 334 g/mol. The molecular formula is C19H20N5O. The smallest absolute Gasteiger partial charge is 0.156 e. The van der Waals surface area contributed by atoms with E-state index in [9.17, 15) is 5.11 Å². The van der Waals surface area contributed by atoms with Crippen LogP contribution in [0, 0.1) is 18.9 Å². The van der Waals surface area contributed by atoms with Crippen LogP contribution in [-0.2, 0) is 0 Å². The van der Waals surface area contributed by atoms with E-state index in [1.165, 1.54) is 6.42 Å². The summed E-state index contributed by atoms with van der Waals surface area (Å²) in [6.07, 6.45) is 1.20. The molecule has 2 aliphatic rings. The SMILES string of the molecule is Cc1n[nH]c2nc(-c3ccc(O)cc3)c(N3CCC4CNCC43)[c]c12. The number of aromatic amines is 1. The minimum Gasteiger partial charge on any atom is -0.508 e. The molecule has 3 N–H and O–H groups in total. The summed E-state index contributed by atoms with van der Waals surface area (Å²) in [5.74, 6) is 0.955. The molecule has 127 valence electrons. The van der Waals surface area contributed by atoms with Crippen molar-refractivity contribution in [3.63, 3.8) is 0 Å². The van der Waals surface area contributed by atoms with Gasteiger partial charge in [0.25, 0.3) is 0 Å². The van der Waals surface area contributed by atoms with E-state index in [1.54, 1.807) is 12.1 Å². The molecule has 0 spiro atoms. The van der Waals surface area contributed by atoms with Gasteiger partial charge in [-0.3, -0.25) is 5.10 Å². The van der Waals surface area contributed by atoms with Gasteiger partial charge in [-0.15, -0.1) is 0 Å². The third-order valence-corrected chi connectivity index (χ3v) is 5.49. The highest BCUT2D eigenvalue weighted by Gasteiger charge is 2.38. The second-order valence-electron chi connectivity index (χ2n) is 6.98. The number of phenols is 1. The van der Waals surface area contributed by atoms with Gasteiger partial charge in [-0.05, 0) is 43.5 Å². The van der Waals surface area contributed by atoms with E-state index < -0.39 is 0 Å². The van der Waals surface area contributed by atoms with Crippen LogP contribution in [0.5, 0.6) is 5.75 Å². The number of aromatic hydroxyl groups is 1. The van der Waals surface area contributed by atoms with Gasteiger partial charge in [-0.2, -0.15) is 5.10 Å². The maximum absolute atomic E-state index is 9.62. The van der Waals surface area contributed by atoms with Gasteiger partial charge < -0.3 is 15.3 Å². The van der Waals surface area contributed by atoms with Gasteiger partial charge in [-0.25, -0.2) is 4.98 Å². The zero-order chi connectivity index (χ0) is 17.0. The van der Waals surface area contributed by atoms with Crippen LogP contribution in [0.3, 0.4) is 0 Å². The first kappa shape index (κ1) is 14.7. The molecule has 2 aromatic heterocycles. The van der Waals surface area contributed by atoms with Crippen molar-refractivity contribution in [1.29, 1.82) is 0 Å². The number of anilines is 1. The van der Waals surface area contributed by atoms with Crippen molar-refractivity contribution in [3.8, 4) is 17.0 Å². The number of aromatic nitrogens is 3. The van der Waals surface area contributed by atoms with E-state index >= 15 is 0 Å². The molecule has 4 heterocycles. The first-order valence-electron chi connectivity index (χ1n) is 8.75. The molecule has 6 heteroatoms. The standard InChI is InChI=1S/C19H20N5O/c1-11-15-8-16(24-7-6-13-9-20-10-17(13)24)18(21-19(15)23-22-11)12-2-4-14(25)5-3-12/h2-5,13,17,20,25H,6-7,9-10H2,1H3,(H,21,22,23). The zero-order valence-corrected chi connectivity index (χ0v) is 14.1. The molecule has 2 unspecified atom stereocenters. The van der Waals surface area contributed by atoms with Crippen LogP contribution in [0.1, 0.15) is 12.1 Å². The Morgan fingerprint density at radius 1 is 1.24 bits per heavy atom. The topological polar surface area (TPSA) is 77.1 Å². The predicted octanol–water partition coefficient (Wildman–Crippen LogP) is 2.24. The predicted molar refractivity (Wildman–Crippen MR) is 96.7 cm³/mol. The van der Waals surface area contributed by atoms with Crippen molar-refractivity contribution in [1.82, 2.24) is 20.5 Å². The van der Waals surface area contributed by atoms with Crippen molar-refractivity contribution in [2.75, 3.05) is 24.5 Å². The van der Waals surface area contributed by atoms with Gasteiger partial charge in [0.2, 0.25) is 0 Å². The summed E-state index contributed by atoms with van der Waals surface area (Å²) < 4.78 is 0. The number of nitrogens with zero attached hydrogens (tertiary/aromatic N) is 3. The quantitative estimate of drug-likeness (QED) is 0.670. The minimum absolute atomic E-state index is 0.258. The summed E-state index contributed by atoms with van der Waals surface area (Å²) in [5, 5.41) is 21.4. The summed E-state index contributed by atoms with van der Waals surface area (Å²) >= 11 is 0. The van der Waals surface area contributed by atoms with Crippen LogP contribution >= 0.6 is 0 Å². The van der Waals surface area contributed by atoms with E-state index in [0.29, 0.717) is 12.0 Å². The van der Waals surface area contributed by atoms with Crippen LogP contribution in [0.25, 0.3) is 22.3 Å². The Morgan fingerprint density at radius 3 is 2.92 bits per heavy atom. The van der Waals surface area contributed by atoms with Gasteiger partial charge in [0.1, 0.15) is 5.75 Å². The Kier molecular flexibility index (Phi) is 3.21. The number of hydrogen-bond donors (Lipinski definition) is 3. The molecule has 5 rings (SSSR count). The van der Waals surface area contributed by atoms with Crippen molar-refractivity contribution in [3.05, 3.63) is 36.0 Å². The lowest BCUT2D eigenvalue weighted by atomic mass is 10.0. The molecule has 2 atom stereocenters. The zero-order valence-electron chi connectivity index (χ0n) is 14.1. The van der Waals surface area contributed by atoms with E-state index in [-0.39, 0.29) is 5.75 Å². The first-order chi connectivity index (χ1) is 12.2. The van der Waals surface area contributed by atoms with E-state index in [4.69, 9.17) is 4.98 Å². The molecular weight excluding hydrogens is 314 g/mol. The number of nitrogens with one attached hydrogen (secondary N) is 2. The Bertz CT molecular complexity index is 933. The lowest BCUT2D eigenvalue weighted by Gasteiger charge is -2.27. The number of fused-ring (bicyclic) bond motifs is 2. The Hall–Kier alpha value is -2.60. The molecule has 1 radical (unpaired) electrons. The third kappa shape index (κ3) is 2.28. The summed E-state index contributed by atoms with van der Waals surface area (Å²) in [4.78, 5) is 7.31. The average molecular weight is 334 g/mol. The molecule has 0 amide bonds. The van der Waals surface area contributed by atoms with Gasteiger partial charge in [0, 0.05) is 37.3 Å². The molecule has 0 aliphatic carbocycles. The molecule has 0 bridgehead atoms. The van der Waals surface area contributed by atoms with Crippen molar-refractivity contribution < 1.29 is 5.11 Å². The van der Waals surface area contributed by atoms with Crippen molar-refractivity contribution in [2.24, 2.45) is 5.92 Å². The van der Waals surface area contributed by atoms with Crippen LogP contribution < -0.4 is 10.2 Å². The maximum atomic E-state index is 9.62. The molecule has 2 aliphatic heterocycles. The second-order valence-corrected chi connectivity index (χ2v) is 6.98. The molecule has 25 heavy (non-hydrogen) atoms. The third-order valence-electron chi connectivity index (χ3n) is 5.49. The number of H-pyrrole nitrogens is 1. The average Bonchev–Trinajstić information content (AvgIpc) is 3.31. The molecule has 1 aromatic carbocycles. The molecule has 6 nitrogen and oxygen atoms in total. The lowest BCUT2D eigenvalue weighted by Crippen LogP contribution is -2.34. The summed E-state index contributed by atoms with van der Waals surface area (Å²) in [6, 6.07) is 11.3. The maximum Gasteiger partial charge on any atom is 0.156 e. The highest BCUT2D eigenvalue weighted by atomic mass is 16.3. The van der Waals surface area contributed by atoms with Gasteiger partial charge in [-0.1, -0.05) is 0 Å². The summed E-state index contributed by atoms with van der Waals surface area (Å²) in [7, 11) is 0. The number of rotatable bonds is 2. The number of hydrogen-bond acceptors (Lipinski definition) is 5. The number of phenolic OH excluding ortho intramolecular Hbond substituents is 1. The van der Waals surface area contributed by atoms with Gasteiger partial charge >= 0.3 is 0 Å². The highest BCUT2D eigenvalue weighted by molar-refractivity contribution is 5.88. The fourth-order valence-electron chi connectivity index (χ4n) is 4.15. The molecule has 2 fully saturated rings. The van der Waals surface area contributed by atoms with Crippen LogP contribution in [-0.4, -0.2) is 46.0 Å². The second kappa shape index (κ2) is 5.46. The Balaban J connectivity index is 1.70. The number of benzene rings is 1. The highest BCUT2D eigenvalue weighted by Crippen LogP contribution is 2.38. The fourth-order valence-corrected chi connectivity index (χ4v) is 4.15. The summed E-state index contributed by atoms with van der Waals surface area (Å²) in [5.41, 5.74) is 4.58.